The summed E-state index contributed by atoms with van der Waals surface area (Å²) in [4.78, 5) is 22.5. The molecule has 0 radical (unpaired) electrons. The fraction of sp³-hybridized carbons (Fsp3) is 0.455. The average molecular weight is 223 g/mol. The molecule has 5 heteroatoms. The Morgan fingerprint density at radius 2 is 2.25 bits per heavy atom. The second-order valence-electron chi connectivity index (χ2n) is 4.10. The second-order valence-corrected chi connectivity index (χ2v) is 4.10. The van der Waals surface area contributed by atoms with Crippen molar-refractivity contribution in [3.05, 3.63) is 24.2 Å². The Labute approximate surface area is 92.4 Å². The Bertz CT molecular complexity index is 392. The Kier molecular flexibility index (Phi) is 2.68. The quantitative estimate of drug-likeness (QED) is 0.805. The van der Waals surface area contributed by atoms with Crippen molar-refractivity contribution in [1.82, 2.24) is 5.32 Å². The zero-order chi connectivity index (χ0) is 11.6. The molecule has 1 amide bonds. The molecule has 2 rings (SSSR count). The molecule has 86 valence electrons. The minimum absolute atomic E-state index is 0.169. The maximum absolute atomic E-state index is 11.5. The van der Waals surface area contributed by atoms with Gasteiger partial charge in [0.25, 0.3) is 5.91 Å². The van der Waals surface area contributed by atoms with Gasteiger partial charge in [0.05, 0.1) is 11.7 Å². The minimum atomic E-state index is -0.835. The van der Waals surface area contributed by atoms with E-state index in [2.05, 4.69) is 5.32 Å². The Balaban J connectivity index is 1.92. The lowest BCUT2D eigenvalue weighted by atomic mass is 9.69. The molecule has 0 unspecified atom stereocenters. The van der Waals surface area contributed by atoms with Gasteiger partial charge in [0, 0.05) is 6.54 Å². The van der Waals surface area contributed by atoms with E-state index in [9.17, 15) is 9.59 Å². The predicted molar refractivity (Wildman–Crippen MR) is 55.0 cm³/mol. The largest absolute Gasteiger partial charge is 0.481 e. The third kappa shape index (κ3) is 1.80. The summed E-state index contributed by atoms with van der Waals surface area (Å²) < 4.78 is 4.91. The van der Waals surface area contributed by atoms with Gasteiger partial charge in [-0.25, -0.2) is 0 Å². The van der Waals surface area contributed by atoms with Crippen LogP contribution in [0.25, 0.3) is 0 Å². The summed E-state index contributed by atoms with van der Waals surface area (Å²) in [7, 11) is 0. The Hall–Kier alpha value is -1.78. The van der Waals surface area contributed by atoms with Crippen LogP contribution in [0, 0.1) is 5.41 Å². The Morgan fingerprint density at radius 1 is 1.50 bits per heavy atom. The third-order valence-corrected chi connectivity index (χ3v) is 3.10. The molecule has 1 aliphatic carbocycles. The first-order valence-electron chi connectivity index (χ1n) is 5.19. The minimum Gasteiger partial charge on any atom is -0.481 e. The van der Waals surface area contributed by atoms with E-state index in [4.69, 9.17) is 9.52 Å². The van der Waals surface area contributed by atoms with Crippen LogP contribution in [0.4, 0.5) is 0 Å². The van der Waals surface area contributed by atoms with Crippen molar-refractivity contribution in [2.45, 2.75) is 19.3 Å². The molecule has 0 atom stereocenters. The summed E-state index contributed by atoms with van der Waals surface area (Å²) in [6, 6.07) is 3.16. The van der Waals surface area contributed by atoms with Gasteiger partial charge in [-0.1, -0.05) is 6.42 Å². The molecule has 1 aliphatic rings. The third-order valence-electron chi connectivity index (χ3n) is 3.10. The van der Waals surface area contributed by atoms with E-state index < -0.39 is 11.4 Å². The maximum atomic E-state index is 11.5. The van der Waals surface area contributed by atoms with Crippen molar-refractivity contribution in [1.29, 1.82) is 0 Å². The molecule has 5 nitrogen and oxygen atoms in total. The number of rotatable bonds is 4. The lowest BCUT2D eigenvalue weighted by molar-refractivity contribution is -0.153. The monoisotopic (exact) mass is 223 g/mol. The SMILES string of the molecule is O=C(NCC1(C(=O)O)CCC1)c1ccco1. The summed E-state index contributed by atoms with van der Waals surface area (Å²) >= 11 is 0. The first-order valence-corrected chi connectivity index (χ1v) is 5.19. The number of furan rings is 1. The lowest BCUT2D eigenvalue weighted by Gasteiger charge is -2.37. The normalized spacial score (nSPS) is 17.5. The first-order chi connectivity index (χ1) is 7.64. The van der Waals surface area contributed by atoms with Crippen LogP contribution in [0.3, 0.4) is 0 Å². The number of carbonyl (C=O) groups excluding carboxylic acids is 1. The van der Waals surface area contributed by atoms with E-state index in [-0.39, 0.29) is 18.2 Å². The summed E-state index contributed by atoms with van der Waals surface area (Å²) in [5, 5.41) is 11.6. The summed E-state index contributed by atoms with van der Waals surface area (Å²) in [5.41, 5.74) is -0.762. The van der Waals surface area contributed by atoms with Gasteiger partial charge in [0.2, 0.25) is 0 Å². The smallest absolute Gasteiger partial charge is 0.311 e. The molecule has 16 heavy (non-hydrogen) atoms. The summed E-state index contributed by atoms with van der Waals surface area (Å²) in [5.74, 6) is -0.990. The van der Waals surface area contributed by atoms with Crippen molar-refractivity contribution in [2.24, 2.45) is 5.41 Å². The van der Waals surface area contributed by atoms with E-state index in [1.807, 2.05) is 0 Å². The molecule has 1 heterocycles. The molecule has 0 aromatic carbocycles. The number of hydrogen-bond acceptors (Lipinski definition) is 3. The van der Waals surface area contributed by atoms with Gasteiger partial charge in [-0.3, -0.25) is 9.59 Å². The first kappa shape index (κ1) is 10.7. The van der Waals surface area contributed by atoms with Crippen molar-refractivity contribution >= 4 is 11.9 Å². The molecule has 0 spiro atoms. The van der Waals surface area contributed by atoms with E-state index in [1.165, 1.54) is 6.26 Å². The van der Waals surface area contributed by atoms with Gasteiger partial charge < -0.3 is 14.8 Å². The number of carboxylic acid groups (broad SMARTS) is 1. The molecule has 1 aromatic rings. The van der Waals surface area contributed by atoms with Crippen LogP contribution in [0.1, 0.15) is 29.8 Å². The molecule has 1 aromatic heterocycles. The number of hydrogen-bond donors (Lipinski definition) is 2. The molecule has 2 N–H and O–H groups in total. The van der Waals surface area contributed by atoms with Gasteiger partial charge in [0.1, 0.15) is 0 Å². The van der Waals surface area contributed by atoms with Crippen LogP contribution in [0.2, 0.25) is 0 Å². The highest BCUT2D eigenvalue weighted by Crippen LogP contribution is 2.40. The highest BCUT2D eigenvalue weighted by molar-refractivity contribution is 5.91. The van der Waals surface area contributed by atoms with Crippen LogP contribution in [0.15, 0.2) is 22.8 Å². The van der Waals surface area contributed by atoms with Crippen LogP contribution < -0.4 is 5.32 Å². The number of nitrogens with one attached hydrogen (secondary N) is 1. The summed E-state index contributed by atoms with van der Waals surface area (Å²) in [6.07, 6.45) is 3.57. The van der Waals surface area contributed by atoms with E-state index in [1.54, 1.807) is 12.1 Å². The predicted octanol–water partition coefficient (Wildman–Crippen LogP) is 1.26. The Morgan fingerprint density at radius 3 is 2.69 bits per heavy atom. The van der Waals surface area contributed by atoms with Crippen LogP contribution in [-0.4, -0.2) is 23.5 Å². The average Bonchev–Trinajstić information content (AvgIpc) is 2.67. The maximum Gasteiger partial charge on any atom is 0.311 e. The van der Waals surface area contributed by atoms with Gasteiger partial charge in [-0.15, -0.1) is 0 Å². The molecular formula is C11H13NO4. The number of aliphatic carboxylic acids is 1. The zero-order valence-corrected chi connectivity index (χ0v) is 8.73. The highest BCUT2D eigenvalue weighted by atomic mass is 16.4. The molecular weight excluding hydrogens is 210 g/mol. The molecule has 0 aliphatic heterocycles. The van der Waals surface area contributed by atoms with Crippen molar-refractivity contribution in [3.63, 3.8) is 0 Å². The molecule has 0 saturated heterocycles. The topological polar surface area (TPSA) is 79.5 Å². The number of amides is 1. The van der Waals surface area contributed by atoms with Crippen LogP contribution in [0.5, 0.6) is 0 Å². The van der Waals surface area contributed by atoms with Crippen molar-refractivity contribution in [3.8, 4) is 0 Å². The van der Waals surface area contributed by atoms with Crippen molar-refractivity contribution < 1.29 is 19.1 Å². The van der Waals surface area contributed by atoms with Crippen LogP contribution >= 0.6 is 0 Å². The highest BCUT2D eigenvalue weighted by Gasteiger charge is 2.44. The van der Waals surface area contributed by atoms with Gasteiger partial charge in [-0.2, -0.15) is 0 Å². The molecule has 0 bridgehead atoms. The van der Waals surface area contributed by atoms with Gasteiger partial charge >= 0.3 is 5.97 Å². The van der Waals surface area contributed by atoms with Gasteiger partial charge in [0.15, 0.2) is 5.76 Å². The zero-order valence-electron chi connectivity index (χ0n) is 8.73. The fourth-order valence-electron chi connectivity index (χ4n) is 1.81. The lowest BCUT2D eigenvalue weighted by Crippen LogP contribution is -2.47. The molecule has 1 saturated carbocycles. The van der Waals surface area contributed by atoms with Gasteiger partial charge in [-0.05, 0) is 25.0 Å². The number of carbonyl (C=O) groups is 2. The van der Waals surface area contributed by atoms with E-state index in [0.29, 0.717) is 12.8 Å². The second kappa shape index (κ2) is 4.00. The van der Waals surface area contributed by atoms with E-state index >= 15 is 0 Å². The standard InChI is InChI=1S/C11H13NO4/c13-9(8-3-1-6-16-8)12-7-11(10(14)15)4-2-5-11/h1,3,6H,2,4-5,7H2,(H,12,13)(H,14,15). The fourth-order valence-corrected chi connectivity index (χ4v) is 1.81. The number of carboxylic acids is 1. The van der Waals surface area contributed by atoms with Crippen molar-refractivity contribution in [2.75, 3.05) is 6.54 Å². The summed E-state index contributed by atoms with van der Waals surface area (Å²) in [6.45, 7) is 0.169. The molecule has 1 fully saturated rings. The van der Waals surface area contributed by atoms with E-state index in [0.717, 1.165) is 6.42 Å². The van der Waals surface area contributed by atoms with Crippen LogP contribution in [-0.2, 0) is 4.79 Å².